The summed E-state index contributed by atoms with van der Waals surface area (Å²) in [7, 11) is 4.03. The monoisotopic (exact) mass is 257 g/mol. The van der Waals surface area contributed by atoms with Gasteiger partial charge in [-0.25, -0.2) is 9.59 Å². The van der Waals surface area contributed by atoms with Crippen LogP contribution in [0.2, 0.25) is 0 Å². The molecule has 1 aliphatic heterocycles. The molecule has 1 aliphatic rings. The molecule has 1 fully saturated rings. The van der Waals surface area contributed by atoms with Gasteiger partial charge in [0.2, 0.25) is 0 Å². The molecule has 0 aromatic rings. The molecule has 0 radical (unpaired) electrons. The van der Waals surface area contributed by atoms with Gasteiger partial charge in [0.15, 0.2) is 0 Å². The van der Waals surface area contributed by atoms with Crippen LogP contribution in [0.4, 0.5) is 4.79 Å². The van der Waals surface area contributed by atoms with Crippen LogP contribution in [0, 0.1) is 0 Å². The SMILES string of the molecule is CN(C)CCCCNC(=O)N1CCC[C@H]1C(=O)O. The second-order valence-corrected chi connectivity index (χ2v) is 4.93. The summed E-state index contributed by atoms with van der Waals surface area (Å²) in [6.45, 7) is 2.15. The molecule has 1 heterocycles. The van der Waals surface area contributed by atoms with Gasteiger partial charge in [0.25, 0.3) is 0 Å². The van der Waals surface area contributed by atoms with Gasteiger partial charge in [-0.1, -0.05) is 0 Å². The van der Waals surface area contributed by atoms with Gasteiger partial charge < -0.3 is 20.2 Å². The lowest BCUT2D eigenvalue weighted by Crippen LogP contribution is -2.46. The van der Waals surface area contributed by atoms with Gasteiger partial charge in [0.1, 0.15) is 6.04 Å². The fraction of sp³-hybridized carbons (Fsp3) is 0.833. The summed E-state index contributed by atoms with van der Waals surface area (Å²) in [5.74, 6) is -0.907. The predicted octanol–water partition coefficient (Wildman–Crippen LogP) is 0.587. The van der Waals surface area contributed by atoms with E-state index in [1.807, 2.05) is 14.1 Å². The average Bonchev–Trinajstić information content (AvgIpc) is 2.76. The molecule has 0 aliphatic carbocycles. The van der Waals surface area contributed by atoms with Crippen molar-refractivity contribution in [2.24, 2.45) is 0 Å². The Balaban J connectivity index is 2.22. The Labute approximate surface area is 108 Å². The Hall–Kier alpha value is -1.30. The Morgan fingerprint density at radius 2 is 2.11 bits per heavy atom. The van der Waals surface area contributed by atoms with E-state index in [4.69, 9.17) is 5.11 Å². The van der Waals surface area contributed by atoms with E-state index in [0.717, 1.165) is 25.8 Å². The predicted molar refractivity (Wildman–Crippen MR) is 68.6 cm³/mol. The number of carbonyl (C=O) groups is 2. The van der Waals surface area contributed by atoms with Crippen molar-refractivity contribution in [3.8, 4) is 0 Å². The lowest BCUT2D eigenvalue weighted by Gasteiger charge is -2.21. The van der Waals surface area contributed by atoms with Crippen LogP contribution in [0.3, 0.4) is 0 Å². The molecule has 2 amide bonds. The van der Waals surface area contributed by atoms with Gasteiger partial charge in [-0.15, -0.1) is 0 Å². The lowest BCUT2D eigenvalue weighted by molar-refractivity contribution is -0.141. The lowest BCUT2D eigenvalue weighted by atomic mass is 10.2. The van der Waals surface area contributed by atoms with Crippen LogP contribution in [0.25, 0.3) is 0 Å². The highest BCUT2D eigenvalue weighted by Crippen LogP contribution is 2.17. The van der Waals surface area contributed by atoms with Crippen molar-refractivity contribution in [3.05, 3.63) is 0 Å². The van der Waals surface area contributed by atoms with E-state index < -0.39 is 12.0 Å². The molecule has 0 aromatic heterocycles. The molecule has 0 spiro atoms. The smallest absolute Gasteiger partial charge is 0.326 e. The summed E-state index contributed by atoms with van der Waals surface area (Å²) >= 11 is 0. The van der Waals surface area contributed by atoms with Crippen LogP contribution < -0.4 is 5.32 Å². The Kier molecular flexibility index (Phi) is 5.91. The molecule has 0 saturated carbocycles. The minimum atomic E-state index is -0.907. The van der Waals surface area contributed by atoms with Crippen molar-refractivity contribution in [3.63, 3.8) is 0 Å². The summed E-state index contributed by atoms with van der Waals surface area (Å²) < 4.78 is 0. The molecule has 0 aromatic carbocycles. The van der Waals surface area contributed by atoms with Gasteiger partial charge >= 0.3 is 12.0 Å². The molecule has 0 unspecified atom stereocenters. The molecule has 18 heavy (non-hydrogen) atoms. The third-order valence-corrected chi connectivity index (χ3v) is 3.11. The van der Waals surface area contributed by atoms with E-state index in [1.165, 1.54) is 4.90 Å². The number of hydrogen-bond donors (Lipinski definition) is 2. The molecule has 2 N–H and O–H groups in total. The number of urea groups is 1. The average molecular weight is 257 g/mol. The second kappa shape index (κ2) is 7.20. The van der Waals surface area contributed by atoms with E-state index in [0.29, 0.717) is 19.5 Å². The normalized spacial score (nSPS) is 19.3. The highest BCUT2D eigenvalue weighted by atomic mass is 16.4. The first-order valence-electron chi connectivity index (χ1n) is 6.44. The van der Waals surface area contributed by atoms with Crippen molar-refractivity contribution in [1.82, 2.24) is 15.1 Å². The number of unbranched alkanes of at least 4 members (excludes halogenated alkanes) is 1. The number of amides is 2. The summed E-state index contributed by atoms with van der Waals surface area (Å²) in [6, 6.07) is -0.892. The fourth-order valence-corrected chi connectivity index (χ4v) is 2.12. The third kappa shape index (κ3) is 4.52. The van der Waals surface area contributed by atoms with Gasteiger partial charge in [0, 0.05) is 13.1 Å². The zero-order valence-corrected chi connectivity index (χ0v) is 11.2. The van der Waals surface area contributed by atoms with Crippen LogP contribution in [0.15, 0.2) is 0 Å². The molecule has 0 bridgehead atoms. The summed E-state index contributed by atoms with van der Waals surface area (Å²) in [4.78, 5) is 26.3. The third-order valence-electron chi connectivity index (χ3n) is 3.11. The maximum absolute atomic E-state index is 11.8. The van der Waals surface area contributed by atoms with Crippen LogP contribution in [0.1, 0.15) is 25.7 Å². The van der Waals surface area contributed by atoms with Gasteiger partial charge in [-0.05, 0) is 46.3 Å². The Bertz CT molecular complexity index is 294. The number of rotatable bonds is 6. The maximum Gasteiger partial charge on any atom is 0.326 e. The standard InChI is InChI=1S/C12H23N3O3/c1-14(2)8-4-3-7-13-12(18)15-9-5-6-10(15)11(16)17/h10H,3-9H2,1-2H3,(H,13,18)(H,16,17)/t10-/m0/s1. The number of aliphatic carboxylic acids is 1. The van der Waals surface area contributed by atoms with E-state index in [-0.39, 0.29) is 6.03 Å². The van der Waals surface area contributed by atoms with Gasteiger partial charge in [-0.2, -0.15) is 0 Å². The van der Waals surface area contributed by atoms with Crippen molar-refractivity contribution in [2.45, 2.75) is 31.7 Å². The zero-order chi connectivity index (χ0) is 13.5. The highest BCUT2D eigenvalue weighted by molar-refractivity contribution is 5.83. The molecule has 1 atom stereocenters. The fourth-order valence-electron chi connectivity index (χ4n) is 2.12. The summed E-state index contributed by atoms with van der Waals surface area (Å²) in [5.41, 5.74) is 0. The summed E-state index contributed by atoms with van der Waals surface area (Å²) in [6.07, 6.45) is 3.26. The topological polar surface area (TPSA) is 72.9 Å². The van der Waals surface area contributed by atoms with E-state index in [1.54, 1.807) is 0 Å². The number of hydrogen-bond acceptors (Lipinski definition) is 3. The maximum atomic E-state index is 11.8. The Morgan fingerprint density at radius 3 is 2.72 bits per heavy atom. The van der Waals surface area contributed by atoms with E-state index >= 15 is 0 Å². The number of nitrogens with zero attached hydrogens (tertiary/aromatic N) is 2. The number of carbonyl (C=O) groups excluding carboxylic acids is 1. The quantitative estimate of drug-likeness (QED) is 0.683. The minimum absolute atomic E-state index is 0.246. The molecular weight excluding hydrogens is 234 g/mol. The first-order valence-corrected chi connectivity index (χ1v) is 6.44. The molecule has 1 rings (SSSR count). The number of carboxylic acids is 1. The highest BCUT2D eigenvalue weighted by Gasteiger charge is 2.33. The molecular formula is C12H23N3O3. The van der Waals surface area contributed by atoms with Crippen molar-refractivity contribution >= 4 is 12.0 Å². The van der Waals surface area contributed by atoms with E-state index in [2.05, 4.69) is 10.2 Å². The first kappa shape index (κ1) is 14.8. The first-order chi connectivity index (χ1) is 8.52. The Morgan fingerprint density at radius 1 is 1.39 bits per heavy atom. The molecule has 6 nitrogen and oxygen atoms in total. The van der Waals surface area contributed by atoms with Crippen LogP contribution in [-0.4, -0.2) is 66.7 Å². The number of nitrogens with one attached hydrogen (secondary N) is 1. The molecule has 104 valence electrons. The largest absolute Gasteiger partial charge is 0.480 e. The van der Waals surface area contributed by atoms with Crippen LogP contribution >= 0.6 is 0 Å². The molecule has 6 heteroatoms. The second-order valence-electron chi connectivity index (χ2n) is 4.93. The van der Waals surface area contributed by atoms with E-state index in [9.17, 15) is 9.59 Å². The zero-order valence-electron chi connectivity index (χ0n) is 11.2. The van der Waals surface area contributed by atoms with Crippen molar-refractivity contribution < 1.29 is 14.7 Å². The van der Waals surface area contributed by atoms with Gasteiger partial charge in [0.05, 0.1) is 0 Å². The molecule has 1 saturated heterocycles. The van der Waals surface area contributed by atoms with Crippen molar-refractivity contribution in [2.75, 3.05) is 33.7 Å². The minimum Gasteiger partial charge on any atom is -0.480 e. The number of likely N-dealkylation sites (tertiary alicyclic amines) is 1. The summed E-state index contributed by atoms with van der Waals surface area (Å²) in [5, 5.41) is 11.8. The number of carboxylic acid groups (broad SMARTS) is 1. The van der Waals surface area contributed by atoms with Crippen LogP contribution in [-0.2, 0) is 4.79 Å². The van der Waals surface area contributed by atoms with Gasteiger partial charge in [-0.3, -0.25) is 0 Å². The van der Waals surface area contributed by atoms with Crippen LogP contribution in [0.5, 0.6) is 0 Å². The van der Waals surface area contributed by atoms with Crippen molar-refractivity contribution in [1.29, 1.82) is 0 Å².